The minimum atomic E-state index is -0.855. The van der Waals surface area contributed by atoms with Crippen LogP contribution in [0.15, 0.2) is 24.3 Å². The van der Waals surface area contributed by atoms with Crippen molar-refractivity contribution in [1.29, 1.82) is 0 Å². The molecule has 1 N–H and O–H groups in total. The van der Waals surface area contributed by atoms with Gasteiger partial charge in [-0.25, -0.2) is 0 Å². The molecule has 1 fully saturated rings. The molecule has 2 atom stereocenters. The maximum absolute atomic E-state index is 11.9. The van der Waals surface area contributed by atoms with Gasteiger partial charge in [-0.15, -0.1) is 0 Å². The molecule has 19 heavy (non-hydrogen) atoms. The summed E-state index contributed by atoms with van der Waals surface area (Å²) < 4.78 is 0. The molecule has 1 aliphatic carbocycles. The maximum atomic E-state index is 11.9. The van der Waals surface area contributed by atoms with E-state index in [0.29, 0.717) is 18.4 Å². The second-order valence-corrected chi connectivity index (χ2v) is 4.97. The Bertz CT molecular complexity index is 469. The molecule has 1 saturated carbocycles. The lowest BCUT2D eigenvalue weighted by molar-refractivity contribution is -0.384. The summed E-state index contributed by atoms with van der Waals surface area (Å²) in [7, 11) is 0. The lowest BCUT2D eigenvalue weighted by Gasteiger charge is -2.20. The Balaban J connectivity index is 2.15. The van der Waals surface area contributed by atoms with E-state index in [1.54, 1.807) is 0 Å². The third-order valence-corrected chi connectivity index (χ3v) is 3.68. The van der Waals surface area contributed by atoms with E-state index in [4.69, 9.17) is 0 Å². The van der Waals surface area contributed by atoms with Gasteiger partial charge in [-0.3, -0.25) is 14.9 Å². The third-order valence-electron chi connectivity index (χ3n) is 3.68. The van der Waals surface area contributed by atoms with Crippen LogP contribution in [0.3, 0.4) is 0 Å². The predicted molar refractivity (Wildman–Crippen MR) is 69.6 cm³/mol. The molecule has 0 aliphatic heterocycles. The first kappa shape index (κ1) is 13.7. The normalized spacial score (nSPS) is 21.7. The monoisotopic (exact) mass is 263 g/mol. The van der Waals surface area contributed by atoms with Crippen LogP contribution >= 0.6 is 0 Å². The number of nitro groups is 1. The molecule has 0 bridgehead atoms. The Morgan fingerprint density at radius 2 is 1.89 bits per heavy atom. The summed E-state index contributed by atoms with van der Waals surface area (Å²) >= 11 is 0. The fourth-order valence-corrected chi connectivity index (χ4v) is 2.55. The maximum Gasteiger partial charge on any atom is 0.269 e. The Morgan fingerprint density at radius 1 is 1.21 bits per heavy atom. The van der Waals surface area contributed by atoms with Crippen molar-refractivity contribution in [2.75, 3.05) is 0 Å². The van der Waals surface area contributed by atoms with Crippen LogP contribution in [-0.2, 0) is 4.79 Å². The number of benzene rings is 1. The van der Waals surface area contributed by atoms with E-state index in [1.165, 1.54) is 24.3 Å². The zero-order valence-corrected chi connectivity index (χ0v) is 10.6. The van der Waals surface area contributed by atoms with E-state index in [0.717, 1.165) is 19.3 Å². The van der Waals surface area contributed by atoms with Crippen molar-refractivity contribution in [3.05, 3.63) is 39.9 Å². The van der Waals surface area contributed by atoms with Gasteiger partial charge < -0.3 is 5.11 Å². The lowest BCUT2D eigenvalue weighted by Crippen LogP contribution is -2.21. The molecule has 102 valence electrons. The van der Waals surface area contributed by atoms with Crippen LogP contribution in [0.4, 0.5) is 5.69 Å². The molecule has 0 spiro atoms. The number of hydrogen-bond acceptors (Lipinski definition) is 4. The number of carbonyl (C=O) groups is 1. The fraction of sp³-hybridized carbons (Fsp3) is 0.500. The highest BCUT2D eigenvalue weighted by Crippen LogP contribution is 2.31. The summed E-state index contributed by atoms with van der Waals surface area (Å²) in [5.74, 6) is -0.271. The van der Waals surface area contributed by atoms with E-state index >= 15 is 0 Å². The smallest absolute Gasteiger partial charge is 0.269 e. The molecule has 0 saturated heterocycles. The number of hydrogen-bond donors (Lipinski definition) is 1. The van der Waals surface area contributed by atoms with E-state index in [2.05, 4.69) is 0 Å². The predicted octanol–water partition coefficient (Wildman–Crippen LogP) is 2.78. The van der Waals surface area contributed by atoms with Gasteiger partial charge in [0.15, 0.2) is 0 Å². The number of nitrogens with zero attached hydrogens (tertiary/aromatic N) is 1. The van der Waals surface area contributed by atoms with Crippen LogP contribution in [0.25, 0.3) is 0 Å². The molecule has 5 heteroatoms. The molecule has 2 unspecified atom stereocenters. The number of rotatable bonds is 3. The van der Waals surface area contributed by atoms with Crippen LogP contribution in [0.1, 0.15) is 43.8 Å². The minimum Gasteiger partial charge on any atom is -0.388 e. The quantitative estimate of drug-likeness (QED) is 0.516. The summed E-state index contributed by atoms with van der Waals surface area (Å²) in [6, 6.07) is 5.78. The molecular weight excluding hydrogens is 246 g/mol. The third kappa shape index (κ3) is 3.17. The molecular formula is C14H17NO4. The van der Waals surface area contributed by atoms with Crippen LogP contribution in [0.2, 0.25) is 0 Å². The van der Waals surface area contributed by atoms with Gasteiger partial charge in [0, 0.05) is 24.5 Å². The van der Waals surface area contributed by atoms with Gasteiger partial charge in [0.1, 0.15) is 5.78 Å². The number of nitro benzene ring substituents is 1. The van der Waals surface area contributed by atoms with Crippen molar-refractivity contribution in [2.24, 2.45) is 5.92 Å². The summed E-state index contributed by atoms with van der Waals surface area (Å²) in [6.45, 7) is 0. The van der Waals surface area contributed by atoms with E-state index < -0.39 is 11.0 Å². The van der Waals surface area contributed by atoms with Gasteiger partial charge in [-0.1, -0.05) is 12.8 Å². The van der Waals surface area contributed by atoms with Crippen LogP contribution in [0, 0.1) is 16.0 Å². The van der Waals surface area contributed by atoms with Gasteiger partial charge in [0.2, 0.25) is 0 Å². The van der Waals surface area contributed by atoms with E-state index in [-0.39, 0.29) is 17.4 Å². The number of aliphatic hydroxyl groups is 1. The highest BCUT2D eigenvalue weighted by Gasteiger charge is 2.28. The fourth-order valence-electron chi connectivity index (χ4n) is 2.55. The second kappa shape index (κ2) is 5.93. The first-order chi connectivity index (χ1) is 9.09. The number of carbonyl (C=O) groups excluding carboxylic acids is 1. The van der Waals surface area contributed by atoms with Crippen molar-refractivity contribution >= 4 is 11.5 Å². The standard InChI is InChI=1S/C14H17NO4/c16-13-5-3-1-2-4-12(13)14(17)10-6-8-11(9-7-10)15(18)19/h6-9,12,14,17H,1-5H2. The number of aliphatic hydroxyl groups excluding tert-OH is 1. The van der Waals surface area contributed by atoms with Crippen LogP contribution < -0.4 is 0 Å². The lowest BCUT2D eigenvalue weighted by atomic mass is 9.88. The molecule has 0 heterocycles. The van der Waals surface area contributed by atoms with Crippen molar-refractivity contribution in [1.82, 2.24) is 0 Å². The molecule has 1 aliphatic rings. The van der Waals surface area contributed by atoms with Crippen molar-refractivity contribution in [3.8, 4) is 0 Å². The molecule has 1 aromatic carbocycles. The first-order valence-electron chi connectivity index (χ1n) is 6.54. The van der Waals surface area contributed by atoms with E-state index in [9.17, 15) is 20.0 Å². The van der Waals surface area contributed by atoms with Gasteiger partial charge in [0.25, 0.3) is 5.69 Å². The average molecular weight is 263 g/mol. The summed E-state index contributed by atoms with van der Waals surface area (Å²) in [4.78, 5) is 22.0. The van der Waals surface area contributed by atoms with Gasteiger partial charge in [0.05, 0.1) is 11.0 Å². The second-order valence-electron chi connectivity index (χ2n) is 4.97. The summed E-state index contributed by atoms with van der Waals surface area (Å²) in [5, 5.41) is 20.8. The van der Waals surface area contributed by atoms with Gasteiger partial charge in [-0.05, 0) is 30.5 Å². The first-order valence-corrected chi connectivity index (χ1v) is 6.54. The summed E-state index contributed by atoms with van der Waals surface area (Å²) in [6.07, 6.45) is 3.22. The minimum absolute atomic E-state index is 0.0110. The molecule has 0 amide bonds. The Morgan fingerprint density at radius 3 is 2.53 bits per heavy atom. The largest absolute Gasteiger partial charge is 0.388 e. The van der Waals surface area contributed by atoms with Gasteiger partial charge in [-0.2, -0.15) is 0 Å². The van der Waals surface area contributed by atoms with Crippen LogP contribution in [-0.4, -0.2) is 15.8 Å². The number of Topliss-reactive ketones (excluding diaryl/α,β-unsaturated/α-hetero) is 1. The zero-order valence-electron chi connectivity index (χ0n) is 10.6. The van der Waals surface area contributed by atoms with Gasteiger partial charge >= 0.3 is 0 Å². The average Bonchev–Trinajstić information content (AvgIpc) is 2.63. The Labute approximate surface area is 111 Å². The van der Waals surface area contributed by atoms with Crippen molar-refractivity contribution < 1.29 is 14.8 Å². The topological polar surface area (TPSA) is 80.4 Å². The Hall–Kier alpha value is -1.75. The van der Waals surface area contributed by atoms with Crippen LogP contribution in [0.5, 0.6) is 0 Å². The molecule has 5 nitrogen and oxygen atoms in total. The number of non-ortho nitro benzene ring substituents is 1. The molecule has 1 aromatic rings. The summed E-state index contributed by atoms with van der Waals surface area (Å²) in [5.41, 5.74) is 0.564. The highest BCUT2D eigenvalue weighted by molar-refractivity contribution is 5.82. The zero-order chi connectivity index (χ0) is 13.8. The molecule has 2 rings (SSSR count). The molecule has 0 radical (unpaired) electrons. The van der Waals surface area contributed by atoms with Crippen molar-refractivity contribution in [2.45, 2.75) is 38.2 Å². The van der Waals surface area contributed by atoms with Crippen molar-refractivity contribution in [3.63, 3.8) is 0 Å². The number of ketones is 1. The highest BCUT2D eigenvalue weighted by atomic mass is 16.6. The SMILES string of the molecule is O=C1CCCCCC1C(O)c1ccc([N+](=O)[O-])cc1. The van der Waals surface area contributed by atoms with E-state index in [1.807, 2.05) is 0 Å². The molecule has 0 aromatic heterocycles. The Kier molecular flexibility index (Phi) is 4.27.